The molecule has 9 nitrogen and oxygen atoms in total. The predicted molar refractivity (Wildman–Crippen MR) is 124 cm³/mol. The van der Waals surface area contributed by atoms with Gasteiger partial charge < -0.3 is 14.0 Å². The van der Waals surface area contributed by atoms with E-state index in [9.17, 15) is 14.4 Å². The smallest absolute Gasteiger partial charge is 0.255 e. The lowest BCUT2D eigenvalue weighted by atomic mass is 10.0. The summed E-state index contributed by atoms with van der Waals surface area (Å²) in [4.78, 5) is 47.7. The van der Waals surface area contributed by atoms with E-state index in [0.29, 0.717) is 18.5 Å². The zero-order valence-electron chi connectivity index (χ0n) is 18.8. The minimum atomic E-state index is -0.630. The molecule has 1 atom stereocenters. The molecular weight excluding hydrogens is 432 g/mol. The minimum absolute atomic E-state index is 0.184. The number of nitrogens with one attached hydrogen (secondary N) is 1. The fraction of sp³-hybridized carbons (Fsp3) is 0.240. The van der Waals surface area contributed by atoms with E-state index in [-0.39, 0.29) is 18.2 Å². The molecule has 3 amide bonds. The van der Waals surface area contributed by atoms with Gasteiger partial charge in [0.25, 0.3) is 5.91 Å². The Kier molecular flexibility index (Phi) is 4.41. The van der Waals surface area contributed by atoms with Crippen LogP contribution >= 0.6 is 0 Å². The average Bonchev–Trinajstić information content (AvgIpc) is 3.49. The van der Waals surface area contributed by atoms with E-state index in [1.165, 1.54) is 0 Å². The molecule has 0 saturated carbocycles. The van der Waals surface area contributed by atoms with Gasteiger partial charge in [-0.2, -0.15) is 0 Å². The monoisotopic (exact) mass is 454 g/mol. The van der Waals surface area contributed by atoms with Gasteiger partial charge in [-0.3, -0.25) is 19.7 Å². The number of hydrogen-bond donors (Lipinski definition) is 1. The molecule has 4 aromatic rings. The molecular formula is C25H22N6O3. The van der Waals surface area contributed by atoms with Crippen LogP contribution in [0.15, 0.2) is 49.1 Å². The molecule has 1 saturated heterocycles. The number of imide groups is 1. The van der Waals surface area contributed by atoms with E-state index in [2.05, 4.69) is 21.4 Å². The lowest BCUT2D eigenvalue weighted by Crippen LogP contribution is -2.52. The number of imidazole rings is 1. The Morgan fingerprint density at radius 1 is 1.00 bits per heavy atom. The van der Waals surface area contributed by atoms with Crippen LogP contribution in [-0.4, -0.2) is 47.8 Å². The summed E-state index contributed by atoms with van der Waals surface area (Å²) in [5, 5.41) is 3.39. The molecule has 2 aliphatic heterocycles. The highest BCUT2D eigenvalue weighted by Gasteiger charge is 2.39. The normalized spacial score (nSPS) is 18.0. The van der Waals surface area contributed by atoms with Gasteiger partial charge in [0.05, 0.1) is 17.7 Å². The van der Waals surface area contributed by atoms with Crippen LogP contribution in [-0.2, 0) is 30.2 Å². The summed E-state index contributed by atoms with van der Waals surface area (Å²) < 4.78 is 3.95. The third-order valence-electron chi connectivity index (χ3n) is 6.71. The lowest BCUT2D eigenvalue weighted by Gasteiger charge is -2.29. The zero-order chi connectivity index (χ0) is 23.6. The van der Waals surface area contributed by atoms with Crippen LogP contribution in [0.25, 0.3) is 33.5 Å². The number of amides is 3. The molecule has 0 aliphatic carbocycles. The highest BCUT2D eigenvalue weighted by molar-refractivity contribution is 6.05. The number of piperidine rings is 1. The number of carbonyl (C=O) groups excluding carboxylic acids is 3. The van der Waals surface area contributed by atoms with Crippen LogP contribution in [0.3, 0.4) is 0 Å². The number of nitrogens with zero attached hydrogens (tertiary/aromatic N) is 5. The number of pyridine rings is 1. The zero-order valence-corrected chi connectivity index (χ0v) is 18.8. The van der Waals surface area contributed by atoms with Gasteiger partial charge in [0.1, 0.15) is 11.7 Å². The molecule has 3 aromatic heterocycles. The first-order valence-electron chi connectivity index (χ1n) is 11.1. The summed E-state index contributed by atoms with van der Waals surface area (Å²) in [6.07, 6.45) is 6.19. The van der Waals surface area contributed by atoms with E-state index in [4.69, 9.17) is 0 Å². The molecule has 5 heterocycles. The summed E-state index contributed by atoms with van der Waals surface area (Å²) in [6.45, 7) is 0.327. The number of aromatic nitrogens is 4. The largest absolute Gasteiger partial charge is 0.336 e. The second kappa shape index (κ2) is 7.38. The average molecular weight is 454 g/mol. The maximum atomic E-state index is 13.0. The van der Waals surface area contributed by atoms with Crippen molar-refractivity contribution in [2.75, 3.05) is 0 Å². The second-order valence-corrected chi connectivity index (χ2v) is 8.89. The fourth-order valence-electron chi connectivity index (χ4n) is 4.99. The van der Waals surface area contributed by atoms with Crippen molar-refractivity contribution in [3.8, 4) is 22.5 Å². The third kappa shape index (κ3) is 3.04. The molecule has 0 bridgehead atoms. The number of fused-ring (bicyclic) bond motifs is 2. The van der Waals surface area contributed by atoms with Gasteiger partial charge >= 0.3 is 0 Å². The first-order chi connectivity index (χ1) is 16.4. The summed E-state index contributed by atoms with van der Waals surface area (Å²) in [5.74, 6) is -0.886. The number of benzene rings is 1. The maximum absolute atomic E-state index is 13.0. The van der Waals surface area contributed by atoms with Crippen molar-refractivity contribution in [2.24, 2.45) is 14.1 Å². The van der Waals surface area contributed by atoms with Gasteiger partial charge in [0.15, 0.2) is 0 Å². The van der Waals surface area contributed by atoms with E-state index >= 15 is 0 Å². The van der Waals surface area contributed by atoms with Crippen molar-refractivity contribution in [2.45, 2.75) is 25.4 Å². The quantitative estimate of drug-likeness (QED) is 0.479. The second-order valence-electron chi connectivity index (χ2n) is 8.89. The van der Waals surface area contributed by atoms with E-state index in [1.54, 1.807) is 17.3 Å². The Hall–Kier alpha value is -4.27. The molecule has 2 aliphatic rings. The van der Waals surface area contributed by atoms with Crippen LogP contribution < -0.4 is 5.32 Å². The molecule has 34 heavy (non-hydrogen) atoms. The topological polar surface area (TPSA) is 102 Å². The van der Waals surface area contributed by atoms with Crippen molar-refractivity contribution in [1.29, 1.82) is 0 Å². The van der Waals surface area contributed by atoms with Crippen molar-refractivity contribution >= 4 is 28.8 Å². The van der Waals surface area contributed by atoms with Crippen LogP contribution in [0.2, 0.25) is 0 Å². The van der Waals surface area contributed by atoms with Crippen molar-refractivity contribution in [1.82, 2.24) is 29.3 Å². The van der Waals surface area contributed by atoms with E-state index in [1.807, 2.05) is 53.8 Å². The Bertz CT molecular complexity index is 1510. The van der Waals surface area contributed by atoms with Crippen LogP contribution in [0, 0.1) is 0 Å². The van der Waals surface area contributed by atoms with Gasteiger partial charge in [0, 0.05) is 61.5 Å². The van der Waals surface area contributed by atoms with Crippen LogP contribution in [0.1, 0.15) is 28.8 Å². The lowest BCUT2D eigenvalue weighted by molar-refractivity contribution is -0.136. The first-order valence-corrected chi connectivity index (χ1v) is 11.1. The Balaban J connectivity index is 1.36. The van der Waals surface area contributed by atoms with Gasteiger partial charge in [-0.05, 0) is 36.2 Å². The van der Waals surface area contributed by atoms with Gasteiger partial charge in [-0.25, -0.2) is 9.97 Å². The highest BCUT2D eigenvalue weighted by atomic mass is 16.2. The molecule has 6 rings (SSSR count). The van der Waals surface area contributed by atoms with Crippen molar-refractivity contribution < 1.29 is 14.4 Å². The molecule has 170 valence electrons. The molecule has 0 spiro atoms. The summed E-state index contributed by atoms with van der Waals surface area (Å²) in [7, 11) is 3.91. The summed E-state index contributed by atoms with van der Waals surface area (Å²) >= 11 is 0. The van der Waals surface area contributed by atoms with Crippen molar-refractivity contribution in [3.63, 3.8) is 0 Å². The summed E-state index contributed by atoms with van der Waals surface area (Å²) in [6, 6.07) is 9.17. The van der Waals surface area contributed by atoms with E-state index in [0.717, 1.165) is 39.1 Å². The van der Waals surface area contributed by atoms with Crippen LogP contribution in [0.5, 0.6) is 0 Å². The predicted octanol–water partition coefficient (Wildman–Crippen LogP) is 2.40. The minimum Gasteiger partial charge on any atom is -0.336 e. The maximum Gasteiger partial charge on any atom is 0.255 e. The van der Waals surface area contributed by atoms with E-state index < -0.39 is 11.9 Å². The fourth-order valence-corrected chi connectivity index (χ4v) is 4.99. The third-order valence-corrected chi connectivity index (χ3v) is 6.71. The van der Waals surface area contributed by atoms with Gasteiger partial charge in [0.2, 0.25) is 11.8 Å². The standard InChI is InChI=1S/C25H22N6O3/c1-29-8-7-15-10-16(11-26-23(15)29)22-21(27-13-30(22)2)14-3-4-18-17(9-14)12-31(25(18)34)19-5-6-20(32)28-24(19)33/h3-4,7-11,13,19H,5-6,12H2,1-2H3,(H,28,32,33)/t19-/m0/s1. The number of rotatable bonds is 3. The molecule has 1 fully saturated rings. The molecule has 0 unspecified atom stereocenters. The Labute approximate surface area is 195 Å². The van der Waals surface area contributed by atoms with Crippen LogP contribution in [0.4, 0.5) is 0 Å². The van der Waals surface area contributed by atoms with Gasteiger partial charge in [-0.1, -0.05) is 6.07 Å². The highest BCUT2D eigenvalue weighted by Crippen LogP contribution is 2.35. The molecule has 1 aromatic carbocycles. The van der Waals surface area contributed by atoms with Crippen molar-refractivity contribution in [3.05, 3.63) is 60.2 Å². The van der Waals surface area contributed by atoms with Gasteiger partial charge in [-0.15, -0.1) is 0 Å². The Morgan fingerprint density at radius 3 is 2.68 bits per heavy atom. The Morgan fingerprint density at radius 2 is 1.85 bits per heavy atom. The summed E-state index contributed by atoms with van der Waals surface area (Å²) in [5.41, 5.74) is 5.92. The molecule has 1 N–H and O–H groups in total. The number of carbonyl (C=O) groups is 3. The molecule has 0 radical (unpaired) electrons. The SMILES string of the molecule is Cn1cnc(-c2ccc3c(c2)CN([C@H]2CCC(=O)NC2=O)C3=O)c1-c1cnc2c(ccn2C)c1. The molecule has 9 heteroatoms. The number of aryl methyl sites for hydroxylation is 2. The first kappa shape index (κ1) is 20.3. The number of hydrogen-bond acceptors (Lipinski definition) is 5.